The van der Waals surface area contributed by atoms with Crippen LogP contribution < -0.4 is 10.2 Å². The van der Waals surface area contributed by atoms with Gasteiger partial charge >= 0.3 is 0 Å². The van der Waals surface area contributed by atoms with E-state index in [1.165, 1.54) is 11.3 Å². The fourth-order valence-electron chi connectivity index (χ4n) is 3.34. The number of hydrogen-bond donors (Lipinski definition) is 1. The summed E-state index contributed by atoms with van der Waals surface area (Å²) >= 11 is 0. The highest BCUT2D eigenvalue weighted by Crippen LogP contribution is 2.42. The summed E-state index contributed by atoms with van der Waals surface area (Å²) in [6.07, 6.45) is 1.02. The minimum absolute atomic E-state index is 0.0208. The molecular formula is C20H22N2O2. The van der Waals surface area contributed by atoms with Crippen LogP contribution in [0, 0.1) is 0 Å². The van der Waals surface area contributed by atoms with Gasteiger partial charge in [0.15, 0.2) is 0 Å². The van der Waals surface area contributed by atoms with Crippen molar-refractivity contribution in [3.63, 3.8) is 0 Å². The van der Waals surface area contributed by atoms with Crippen molar-refractivity contribution in [3.8, 4) is 0 Å². The molecule has 1 aliphatic heterocycles. The van der Waals surface area contributed by atoms with Crippen molar-refractivity contribution < 1.29 is 9.53 Å². The number of benzene rings is 2. The molecule has 2 atom stereocenters. The average molecular weight is 322 g/mol. The molecule has 1 saturated heterocycles. The smallest absolute Gasteiger partial charge is 0.251 e. The fraction of sp³-hybridized carbons (Fsp3) is 0.350. The zero-order valence-electron chi connectivity index (χ0n) is 13.7. The third-order valence-corrected chi connectivity index (χ3v) is 4.82. The number of morpholine rings is 1. The Morgan fingerprint density at radius 2 is 1.83 bits per heavy atom. The van der Waals surface area contributed by atoms with E-state index < -0.39 is 0 Å². The highest BCUT2D eigenvalue weighted by atomic mass is 16.5. The first-order valence-electron chi connectivity index (χ1n) is 8.60. The quantitative estimate of drug-likeness (QED) is 0.941. The molecule has 2 unspecified atom stereocenters. The fourth-order valence-corrected chi connectivity index (χ4v) is 3.34. The van der Waals surface area contributed by atoms with Crippen molar-refractivity contribution in [1.29, 1.82) is 0 Å². The summed E-state index contributed by atoms with van der Waals surface area (Å²) in [5.74, 6) is 0.450. The zero-order valence-corrected chi connectivity index (χ0v) is 13.7. The van der Waals surface area contributed by atoms with E-state index in [1.54, 1.807) is 0 Å². The number of nitrogens with zero attached hydrogens (tertiary/aromatic N) is 1. The van der Waals surface area contributed by atoms with Gasteiger partial charge in [-0.2, -0.15) is 0 Å². The SMILES string of the molecule is O=C(NC1CC1c1cccc(N2CCOCC2)c1)c1ccccc1. The lowest BCUT2D eigenvalue weighted by atomic mass is 10.1. The van der Waals surface area contributed by atoms with E-state index in [4.69, 9.17) is 4.74 Å². The molecular weight excluding hydrogens is 300 g/mol. The molecule has 4 heteroatoms. The van der Waals surface area contributed by atoms with Gasteiger partial charge in [-0.05, 0) is 36.2 Å². The summed E-state index contributed by atoms with van der Waals surface area (Å²) in [6, 6.07) is 18.4. The number of ether oxygens (including phenoxy) is 1. The number of hydrogen-bond acceptors (Lipinski definition) is 3. The van der Waals surface area contributed by atoms with Crippen LogP contribution in [0.15, 0.2) is 54.6 Å². The normalized spacial score (nSPS) is 22.9. The Balaban J connectivity index is 1.40. The van der Waals surface area contributed by atoms with Crippen LogP contribution in [0.3, 0.4) is 0 Å². The van der Waals surface area contributed by atoms with Crippen LogP contribution in [0.4, 0.5) is 5.69 Å². The summed E-state index contributed by atoms with van der Waals surface area (Å²) in [7, 11) is 0. The second-order valence-electron chi connectivity index (χ2n) is 6.48. The summed E-state index contributed by atoms with van der Waals surface area (Å²) in [5, 5.41) is 3.15. The van der Waals surface area contributed by atoms with Crippen molar-refractivity contribution in [1.82, 2.24) is 5.32 Å². The third-order valence-electron chi connectivity index (χ3n) is 4.82. The van der Waals surface area contributed by atoms with E-state index >= 15 is 0 Å². The van der Waals surface area contributed by atoms with Crippen LogP contribution in [-0.4, -0.2) is 38.3 Å². The summed E-state index contributed by atoms with van der Waals surface area (Å²) in [5.41, 5.74) is 3.30. The second-order valence-corrected chi connectivity index (χ2v) is 6.48. The number of carbonyl (C=O) groups excluding carboxylic acids is 1. The number of amides is 1. The van der Waals surface area contributed by atoms with Gasteiger partial charge < -0.3 is 15.0 Å². The topological polar surface area (TPSA) is 41.6 Å². The Hall–Kier alpha value is -2.33. The molecule has 0 spiro atoms. The summed E-state index contributed by atoms with van der Waals surface area (Å²) in [6.45, 7) is 3.48. The molecule has 1 saturated carbocycles. The van der Waals surface area contributed by atoms with Gasteiger partial charge in [0, 0.05) is 36.3 Å². The van der Waals surface area contributed by atoms with Gasteiger partial charge in [0.1, 0.15) is 0 Å². The summed E-state index contributed by atoms with van der Waals surface area (Å²) < 4.78 is 5.42. The van der Waals surface area contributed by atoms with Crippen molar-refractivity contribution in [2.45, 2.75) is 18.4 Å². The molecule has 0 bridgehead atoms. The average Bonchev–Trinajstić information content (AvgIpc) is 3.42. The van der Waals surface area contributed by atoms with Crippen molar-refractivity contribution in [2.24, 2.45) is 0 Å². The Bertz CT molecular complexity index is 711. The molecule has 1 amide bonds. The minimum Gasteiger partial charge on any atom is -0.378 e. The largest absolute Gasteiger partial charge is 0.378 e. The van der Waals surface area contributed by atoms with Gasteiger partial charge in [0.2, 0.25) is 0 Å². The first-order chi connectivity index (χ1) is 11.8. The highest BCUT2D eigenvalue weighted by molar-refractivity contribution is 5.94. The first kappa shape index (κ1) is 15.2. The maximum Gasteiger partial charge on any atom is 0.251 e. The van der Waals surface area contributed by atoms with Crippen LogP contribution in [0.2, 0.25) is 0 Å². The number of rotatable bonds is 4. The van der Waals surface area contributed by atoms with Gasteiger partial charge in [-0.15, -0.1) is 0 Å². The molecule has 1 aliphatic carbocycles. The Labute approximate surface area is 142 Å². The van der Waals surface area contributed by atoms with Crippen LogP contribution in [0.25, 0.3) is 0 Å². The maximum atomic E-state index is 12.3. The molecule has 0 radical (unpaired) electrons. The van der Waals surface area contributed by atoms with E-state index in [-0.39, 0.29) is 11.9 Å². The molecule has 1 heterocycles. The Morgan fingerprint density at radius 3 is 2.62 bits per heavy atom. The molecule has 4 rings (SSSR count). The lowest BCUT2D eigenvalue weighted by Gasteiger charge is -2.29. The highest BCUT2D eigenvalue weighted by Gasteiger charge is 2.39. The summed E-state index contributed by atoms with van der Waals surface area (Å²) in [4.78, 5) is 14.6. The zero-order chi connectivity index (χ0) is 16.4. The molecule has 0 aromatic heterocycles. The third kappa shape index (κ3) is 3.29. The lowest BCUT2D eigenvalue weighted by molar-refractivity contribution is 0.0950. The van der Waals surface area contributed by atoms with Crippen molar-refractivity contribution >= 4 is 11.6 Å². The molecule has 2 aliphatic rings. The van der Waals surface area contributed by atoms with Gasteiger partial charge in [-0.1, -0.05) is 30.3 Å². The van der Waals surface area contributed by atoms with Crippen molar-refractivity contribution in [2.75, 3.05) is 31.2 Å². The van der Waals surface area contributed by atoms with Crippen LogP contribution in [0.1, 0.15) is 28.3 Å². The molecule has 2 aromatic rings. The Kier molecular flexibility index (Phi) is 4.22. The van der Waals surface area contributed by atoms with Crippen LogP contribution in [-0.2, 0) is 4.74 Å². The van der Waals surface area contributed by atoms with E-state index in [2.05, 4.69) is 34.5 Å². The van der Waals surface area contributed by atoms with E-state index in [0.29, 0.717) is 5.92 Å². The molecule has 124 valence electrons. The van der Waals surface area contributed by atoms with Gasteiger partial charge in [-0.25, -0.2) is 0 Å². The molecule has 24 heavy (non-hydrogen) atoms. The van der Waals surface area contributed by atoms with Crippen molar-refractivity contribution in [3.05, 3.63) is 65.7 Å². The van der Waals surface area contributed by atoms with Gasteiger partial charge in [0.05, 0.1) is 13.2 Å². The Morgan fingerprint density at radius 1 is 1.04 bits per heavy atom. The molecule has 2 fully saturated rings. The van der Waals surface area contributed by atoms with Gasteiger partial charge in [-0.3, -0.25) is 4.79 Å². The van der Waals surface area contributed by atoms with Gasteiger partial charge in [0.25, 0.3) is 5.91 Å². The predicted molar refractivity (Wildman–Crippen MR) is 94.5 cm³/mol. The standard InChI is InChI=1S/C20H22N2O2/c23-20(15-5-2-1-3-6-15)21-19-14-18(19)16-7-4-8-17(13-16)22-9-11-24-12-10-22/h1-8,13,18-19H,9-12,14H2,(H,21,23). The number of anilines is 1. The van der Waals surface area contributed by atoms with E-state index in [1.807, 2.05) is 30.3 Å². The monoisotopic (exact) mass is 322 g/mol. The molecule has 2 aromatic carbocycles. The molecule has 4 nitrogen and oxygen atoms in total. The van der Waals surface area contributed by atoms with E-state index in [9.17, 15) is 4.79 Å². The van der Waals surface area contributed by atoms with Crippen LogP contribution >= 0.6 is 0 Å². The minimum atomic E-state index is 0.0208. The van der Waals surface area contributed by atoms with Crippen LogP contribution in [0.5, 0.6) is 0 Å². The number of nitrogens with one attached hydrogen (secondary N) is 1. The lowest BCUT2D eigenvalue weighted by Crippen LogP contribution is -2.36. The number of carbonyl (C=O) groups is 1. The second kappa shape index (κ2) is 6.65. The molecule has 1 N–H and O–H groups in total. The first-order valence-corrected chi connectivity index (χ1v) is 8.60. The predicted octanol–water partition coefficient (Wildman–Crippen LogP) is 2.81. The van der Waals surface area contributed by atoms with E-state index in [0.717, 1.165) is 38.3 Å². The maximum absolute atomic E-state index is 12.3.